The summed E-state index contributed by atoms with van der Waals surface area (Å²) in [4.78, 5) is 14.6. The Bertz CT molecular complexity index is 899. The molecule has 0 radical (unpaired) electrons. The number of hydrogen-bond acceptors (Lipinski definition) is 6. The number of benzene rings is 2. The maximum absolute atomic E-state index is 12.3. The van der Waals surface area contributed by atoms with E-state index < -0.39 is 0 Å². The average molecular weight is 411 g/mol. The van der Waals surface area contributed by atoms with Crippen molar-refractivity contribution in [3.63, 3.8) is 0 Å². The van der Waals surface area contributed by atoms with Crippen LogP contribution in [-0.4, -0.2) is 37.3 Å². The Hall–Kier alpha value is -2.57. The molecule has 0 amide bonds. The molecule has 1 fully saturated rings. The van der Waals surface area contributed by atoms with Crippen LogP contribution in [-0.2, 0) is 4.79 Å². The molecule has 0 spiro atoms. The molecule has 6 nitrogen and oxygen atoms in total. The Morgan fingerprint density at radius 1 is 1.17 bits per heavy atom. The quantitative estimate of drug-likeness (QED) is 0.728. The molecule has 6 heteroatoms. The number of carbonyl (C=O) groups is 1. The van der Waals surface area contributed by atoms with Gasteiger partial charge in [-0.05, 0) is 55.5 Å². The second-order valence-corrected chi connectivity index (χ2v) is 8.17. The third-order valence-electron chi connectivity index (χ3n) is 6.39. The van der Waals surface area contributed by atoms with Gasteiger partial charge in [-0.2, -0.15) is 0 Å². The Labute approximate surface area is 177 Å². The van der Waals surface area contributed by atoms with Crippen LogP contribution in [0.3, 0.4) is 0 Å². The van der Waals surface area contributed by atoms with E-state index in [1.807, 2.05) is 42.5 Å². The minimum Gasteiger partial charge on any atom is -0.497 e. The van der Waals surface area contributed by atoms with Crippen molar-refractivity contribution in [2.75, 3.05) is 25.2 Å². The normalized spacial score (nSPS) is 25.3. The average Bonchev–Trinajstić information content (AvgIpc) is 3.33. The lowest BCUT2D eigenvalue weighted by Crippen LogP contribution is -2.29. The summed E-state index contributed by atoms with van der Waals surface area (Å²) in [5.41, 5.74) is 9.96. The summed E-state index contributed by atoms with van der Waals surface area (Å²) in [6, 6.07) is 13.8. The molecular formula is C24H30N2O4. The lowest BCUT2D eigenvalue weighted by atomic mass is 9.97. The van der Waals surface area contributed by atoms with Gasteiger partial charge in [0.1, 0.15) is 18.1 Å². The summed E-state index contributed by atoms with van der Waals surface area (Å²) in [6.07, 6.45) is 1.66. The van der Waals surface area contributed by atoms with Gasteiger partial charge in [-0.1, -0.05) is 18.2 Å². The van der Waals surface area contributed by atoms with E-state index in [0.29, 0.717) is 18.6 Å². The van der Waals surface area contributed by atoms with E-state index in [0.717, 1.165) is 35.5 Å². The maximum Gasteiger partial charge on any atom is 0.173 e. The number of fused-ring (bicyclic) bond motifs is 1. The van der Waals surface area contributed by atoms with Gasteiger partial charge in [0.2, 0.25) is 0 Å². The van der Waals surface area contributed by atoms with Gasteiger partial charge in [-0.25, -0.2) is 0 Å². The van der Waals surface area contributed by atoms with Crippen molar-refractivity contribution in [2.45, 2.75) is 44.4 Å². The minimum absolute atomic E-state index is 0.0350. The topological polar surface area (TPSA) is 85.0 Å². The van der Waals surface area contributed by atoms with Gasteiger partial charge in [0.15, 0.2) is 5.78 Å². The third-order valence-corrected chi connectivity index (χ3v) is 6.39. The van der Waals surface area contributed by atoms with E-state index >= 15 is 0 Å². The van der Waals surface area contributed by atoms with Crippen LogP contribution >= 0.6 is 0 Å². The second-order valence-electron chi connectivity index (χ2n) is 8.17. The highest BCUT2D eigenvalue weighted by Crippen LogP contribution is 2.47. The smallest absolute Gasteiger partial charge is 0.173 e. The van der Waals surface area contributed by atoms with Crippen LogP contribution in [0.1, 0.15) is 49.4 Å². The highest BCUT2D eigenvalue weighted by Gasteiger charge is 2.36. The van der Waals surface area contributed by atoms with Crippen LogP contribution in [0.25, 0.3) is 0 Å². The summed E-state index contributed by atoms with van der Waals surface area (Å²) < 4.78 is 11.1. The molecule has 1 heterocycles. The van der Waals surface area contributed by atoms with Crippen molar-refractivity contribution in [2.24, 2.45) is 11.7 Å². The number of aliphatic hydroxyl groups is 1. The van der Waals surface area contributed by atoms with E-state index in [1.165, 1.54) is 0 Å². The van der Waals surface area contributed by atoms with Crippen LogP contribution < -0.4 is 20.1 Å². The van der Waals surface area contributed by atoms with E-state index in [-0.39, 0.29) is 36.5 Å². The molecule has 3 N–H and O–H groups in total. The first-order valence-electron chi connectivity index (χ1n) is 10.7. The minimum atomic E-state index is -0.348. The standard InChI is InChI=1S/C24H30N2O4/c1-3-26-21-13-19(29-2)10-11-20(21)23(25)24(26)15-5-8-18(9-6-15)30-14-22(28)16-4-7-17(27)12-16/h5-6,8-11,13,16-17,23-24,27H,3-4,7,12,14,25H2,1-2H3/t16?,17-,23?,24?/m0/s1. The number of likely N-dealkylation sites (N-methyl/N-ethyl adjacent to an activating group) is 1. The second kappa shape index (κ2) is 8.66. The largest absolute Gasteiger partial charge is 0.497 e. The van der Waals surface area contributed by atoms with Crippen molar-refractivity contribution in [3.8, 4) is 11.5 Å². The highest BCUT2D eigenvalue weighted by atomic mass is 16.5. The molecule has 0 bridgehead atoms. The van der Waals surface area contributed by atoms with Gasteiger partial charge >= 0.3 is 0 Å². The van der Waals surface area contributed by atoms with E-state index in [2.05, 4.69) is 11.8 Å². The van der Waals surface area contributed by atoms with Gasteiger partial charge in [0, 0.05) is 24.2 Å². The summed E-state index contributed by atoms with van der Waals surface area (Å²) in [6.45, 7) is 3.00. The lowest BCUT2D eigenvalue weighted by molar-refractivity contribution is -0.124. The number of nitrogens with two attached hydrogens (primary N) is 1. The highest BCUT2D eigenvalue weighted by molar-refractivity contribution is 5.82. The summed E-state index contributed by atoms with van der Waals surface area (Å²) in [5, 5.41) is 9.61. The van der Waals surface area contributed by atoms with Crippen LogP contribution in [0.5, 0.6) is 11.5 Å². The number of methoxy groups -OCH3 is 1. The first-order chi connectivity index (χ1) is 14.5. The maximum atomic E-state index is 12.3. The molecular weight excluding hydrogens is 380 g/mol. The first kappa shape index (κ1) is 20.7. The number of anilines is 1. The van der Waals surface area contributed by atoms with E-state index in [9.17, 15) is 9.90 Å². The molecule has 1 aliphatic carbocycles. The zero-order valence-electron chi connectivity index (χ0n) is 17.6. The van der Waals surface area contributed by atoms with Crippen molar-refractivity contribution < 1.29 is 19.4 Å². The van der Waals surface area contributed by atoms with E-state index in [1.54, 1.807) is 7.11 Å². The Morgan fingerprint density at radius 2 is 1.90 bits per heavy atom. The number of ether oxygens (including phenoxy) is 2. The fourth-order valence-corrected chi connectivity index (χ4v) is 4.73. The monoisotopic (exact) mass is 410 g/mol. The Balaban J connectivity index is 1.45. The predicted octanol–water partition coefficient (Wildman–Crippen LogP) is 3.39. The van der Waals surface area contributed by atoms with Gasteiger partial charge in [-0.3, -0.25) is 4.79 Å². The van der Waals surface area contributed by atoms with Gasteiger partial charge in [-0.15, -0.1) is 0 Å². The number of Topliss-reactive ketones (excluding diaryl/α,β-unsaturated/α-hetero) is 1. The molecule has 0 saturated heterocycles. The Morgan fingerprint density at radius 3 is 2.53 bits per heavy atom. The molecule has 30 heavy (non-hydrogen) atoms. The Kier molecular flexibility index (Phi) is 5.97. The third kappa shape index (κ3) is 3.89. The molecule has 160 valence electrons. The molecule has 1 saturated carbocycles. The molecule has 0 aromatic heterocycles. The van der Waals surface area contributed by atoms with E-state index in [4.69, 9.17) is 15.2 Å². The number of nitrogens with zero attached hydrogens (tertiary/aromatic N) is 1. The molecule has 4 atom stereocenters. The predicted molar refractivity (Wildman–Crippen MR) is 116 cm³/mol. The molecule has 2 aliphatic rings. The molecule has 2 aromatic carbocycles. The molecule has 3 unspecified atom stereocenters. The van der Waals surface area contributed by atoms with Crippen molar-refractivity contribution in [1.82, 2.24) is 0 Å². The van der Waals surface area contributed by atoms with Crippen molar-refractivity contribution in [3.05, 3.63) is 53.6 Å². The first-order valence-corrected chi connectivity index (χ1v) is 10.7. The molecule has 2 aromatic rings. The van der Waals surface area contributed by atoms with Crippen LogP contribution in [0.4, 0.5) is 5.69 Å². The fourth-order valence-electron chi connectivity index (χ4n) is 4.73. The number of ketones is 1. The summed E-state index contributed by atoms with van der Waals surface area (Å²) in [5.74, 6) is 1.47. The fraction of sp³-hybridized carbons (Fsp3) is 0.458. The lowest BCUT2D eigenvalue weighted by Gasteiger charge is -2.28. The SMILES string of the molecule is CCN1c2cc(OC)ccc2C(N)C1c1ccc(OCC(=O)C2CC[C@H](O)C2)cc1. The molecule has 4 rings (SSSR count). The molecule has 1 aliphatic heterocycles. The van der Waals surface area contributed by atoms with Crippen LogP contribution in [0.15, 0.2) is 42.5 Å². The zero-order valence-corrected chi connectivity index (χ0v) is 17.6. The van der Waals surface area contributed by atoms with Gasteiger partial charge in [0.25, 0.3) is 0 Å². The van der Waals surface area contributed by atoms with Crippen LogP contribution in [0.2, 0.25) is 0 Å². The summed E-state index contributed by atoms with van der Waals surface area (Å²) >= 11 is 0. The number of rotatable bonds is 7. The zero-order chi connectivity index (χ0) is 21.3. The van der Waals surface area contributed by atoms with Gasteiger partial charge < -0.3 is 25.2 Å². The van der Waals surface area contributed by atoms with Crippen LogP contribution in [0, 0.1) is 5.92 Å². The van der Waals surface area contributed by atoms with Crippen molar-refractivity contribution >= 4 is 11.5 Å². The van der Waals surface area contributed by atoms with Crippen molar-refractivity contribution in [1.29, 1.82) is 0 Å². The summed E-state index contributed by atoms with van der Waals surface area (Å²) in [7, 11) is 1.67. The van der Waals surface area contributed by atoms with Gasteiger partial charge in [0.05, 0.1) is 25.3 Å². The number of carbonyl (C=O) groups excluding carboxylic acids is 1. The number of hydrogen-bond donors (Lipinski definition) is 2. The number of aliphatic hydroxyl groups excluding tert-OH is 1.